The largest absolute Gasteiger partial charge is 0.481 e. The molecule has 5 nitrogen and oxygen atoms in total. The second-order valence-electron chi connectivity index (χ2n) is 6.87. The molecule has 1 saturated heterocycles. The molecule has 0 saturated carbocycles. The number of benzene rings is 1. The monoisotopic (exact) mass is 332 g/mol. The van der Waals surface area contributed by atoms with Crippen LogP contribution in [0.3, 0.4) is 0 Å². The average Bonchev–Trinajstić information content (AvgIpc) is 2.54. The number of nitrogens with zero attached hydrogens (tertiary/aromatic N) is 2. The molecule has 5 heteroatoms. The highest BCUT2D eigenvalue weighted by atomic mass is 16.4. The van der Waals surface area contributed by atoms with E-state index in [1.165, 1.54) is 0 Å². The summed E-state index contributed by atoms with van der Waals surface area (Å²) in [4.78, 5) is 27.6. The Hall–Kier alpha value is -1.88. The maximum Gasteiger partial charge on any atom is 0.303 e. The van der Waals surface area contributed by atoms with Crippen LogP contribution < -0.4 is 4.90 Å². The molecular weight excluding hydrogens is 304 g/mol. The first-order valence-corrected chi connectivity index (χ1v) is 8.78. The number of carbonyl (C=O) groups is 2. The number of carbonyl (C=O) groups excluding carboxylic acids is 1. The fourth-order valence-electron chi connectivity index (χ4n) is 3.44. The van der Waals surface area contributed by atoms with Crippen LogP contribution in [-0.2, 0) is 9.59 Å². The van der Waals surface area contributed by atoms with E-state index in [2.05, 4.69) is 4.90 Å². The minimum Gasteiger partial charge on any atom is -0.481 e. The van der Waals surface area contributed by atoms with Gasteiger partial charge in [-0.15, -0.1) is 0 Å². The molecule has 2 rings (SSSR count). The highest BCUT2D eigenvalue weighted by molar-refractivity contribution is 5.95. The van der Waals surface area contributed by atoms with Crippen molar-refractivity contribution < 1.29 is 14.7 Å². The van der Waals surface area contributed by atoms with Gasteiger partial charge in [0.25, 0.3) is 0 Å². The highest BCUT2D eigenvalue weighted by Gasteiger charge is 2.25. The van der Waals surface area contributed by atoms with Gasteiger partial charge in [-0.05, 0) is 57.7 Å². The first-order valence-electron chi connectivity index (χ1n) is 8.78. The summed E-state index contributed by atoms with van der Waals surface area (Å²) in [6.07, 6.45) is 3.01. The van der Waals surface area contributed by atoms with Crippen LogP contribution in [0.4, 0.5) is 5.69 Å². The molecule has 0 aliphatic carbocycles. The predicted molar refractivity (Wildman–Crippen MR) is 95.1 cm³/mol. The molecule has 1 heterocycles. The average molecular weight is 332 g/mol. The van der Waals surface area contributed by atoms with Crippen molar-refractivity contribution in [2.45, 2.75) is 45.6 Å². The van der Waals surface area contributed by atoms with Crippen LogP contribution in [-0.4, -0.2) is 47.6 Å². The van der Waals surface area contributed by atoms with E-state index in [0.29, 0.717) is 18.9 Å². The number of carboxylic acids is 1. The van der Waals surface area contributed by atoms with Crippen molar-refractivity contribution in [1.82, 2.24) is 4.90 Å². The molecule has 1 N–H and O–H groups in total. The smallest absolute Gasteiger partial charge is 0.303 e. The minimum absolute atomic E-state index is 0.104. The number of para-hydroxylation sites is 1. The Bertz CT molecular complexity index is 545. The zero-order chi connectivity index (χ0) is 17.5. The van der Waals surface area contributed by atoms with E-state index in [-0.39, 0.29) is 18.4 Å². The summed E-state index contributed by atoms with van der Waals surface area (Å²) in [7, 11) is 0. The summed E-state index contributed by atoms with van der Waals surface area (Å²) in [6, 6.07) is 9.87. The van der Waals surface area contributed by atoms with Crippen molar-refractivity contribution in [3.05, 3.63) is 30.3 Å². The van der Waals surface area contributed by atoms with Crippen LogP contribution >= 0.6 is 0 Å². The number of rotatable bonds is 7. The summed E-state index contributed by atoms with van der Waals surface area (Å²) in [5.74, 6) is -0.250. The van der Waals surface area contributed by atoms with Gasteiger partial charge in [-0.1, -0.05) is 18.2 Å². The third-order valence-corrected chi connectivity index (χ3v) is 4.55. The van der Waals surface area contributed by atoms with E-state index in [1.807, 2.05) is 49.1 Å². The van der Waals surface area contributed by atoms with E-state index in [1.54, 1.807) is 0 Å². The summed E-state index contributed by atoms with van der Waals surface area (Å²) < 4.78 is 0. The topological polar surface area (TPSA) is 60.9 Å². The van der Waals surface area contributed by atoms with Crippen LogP contribution in [0.1, 0.15) is 39.5 Å². The number of anilines is 1. The van der Waals surface area contributed by atoms with Gasteiger partial charge in [-0.25, -0.2) is 0 Å². The van der Waals surface area contributed by atoms with Gasteiger partial charge in [-0.3, -0.25) is 14.5 Å². The van der Waals surface area contributed by atoms with Crippen LogP contribution in [0.15, 0.2) is 30.3 Å². The number of hydrogen-bond acceptors (Lipinski definition) is 3. The molecule has 1 fully saturated rings. The zero-order valence-electron chi connectivity index (χ0n) is 14.6. The minimum atomic E-state index is -0.738. The molecular formula is C19H28N2O3. The quantitative estimate of drug-likeness (QED) is 0.834. The molecule has 1 aliphatic rings. The van der Waals surface area contributed by atoms with Crippen molar-refractivity contribution in [2.75, 3.05) is 24.5 Å². The van der Waals surface area contributed by atoms with Crippen LogP contribution in [0.25, 0.3) is 0 Å². The maximum absolute atomic E-state index is 12.8. The number of amides is 1. The lowest BCUT2D eigenvalue weighted by molar-refractivity contribution is -0.137. The van der Waals surface area contributed by atoms with Gasteiger partial charge in [-0.2, -0.15) is 0 Å². The summed E-state index contributed by atoms with van der Waals surface area (Å²) >= 11 is 0. The Morgan fingerprint density at radius 1 is 1.29 bits per heavy atom. The van der Waals surface area contributed by atoms with Gasteiger partial charge in [0.2, 0.25) is 5.91 Å². The Labute approximate surface area is 144 Å². The molecule has 132 valence electrons. The first kappa shape index (κ1) is 18.5. The third-order valence-electron chi connectivity index (χ3n) is 4.55. The Morgan fingerprint density at radius 3 is 2.62 bits per heavy atom. The lowest BCUT2D eigenvalue weighted by Gasteiger charge is -2.35. The molecule has 24 heavy (non-hydrogen) atoms. The summed E-state index contributed by atoms with van der Waals surface area (Å²) in [6.45, 7) is 6.18. The molecule has 1 aromatic rings. The van der Waals surface area contributed by atoms with Crippen molar-refractivity contribution in [2.24, 2.45) is 5.92 Å². The first-order chi connectivity index (χ1) is 11.5. The molecule has 1 atom stereocenters. The molecule has 1 aliphatic heterocycles. The molecule has 1 amide bonds. The Morgan fingerprint density at radius 2 is 2.00 bits per heavy atom. The van der Waals surface area contributed by atoms with Crippen molar-refractivity contribution in [3.63, 3.8) is 0 Å². The van der Waals surface area contributed by atoms with Crippen LogP contribution in [0, 0.1) is 5.92 Å². The zero-order valence-corrected chi connectivity index (χ0v) is 14.6. The van der Waals surface area contributed by atoms with Gasteiger partial charge < -0.3 is 10.0 Å². The van der Waals surface area contributed by atoms with Crippen LogP contribution in [0.2, 0.25) is 0 Å². The molecule has 0 spiro atoms. The summed E-state index contributed by atoms with van der Waals surface area (Å²) in [5, 5.41) is 8.84. The fraction of sp³-hybridized carbons (Fsp3) is 0.579. The summed E-state index contributed by atoms with van der Waals surface area (Å²) in [5.41, 5.74) is 0.928. The van der Waals surface area contributed by atoms with E-state index < -0.39 is 5.97 Å². The number of likely N-dealkylation sites (tertiary alicyclic amines) is 1. The number of aliphatic carboxylic acids is 1. The maximum atomic E-state index is 12.8. The highest BCUT2D eigenvalue weighted by Crippen LogP contribution is 2.22. The fourth-order valence-corrected chi connectivity index (χ4v) is 3.44. The molecule has 1 unspecified atom stereocenters. The van der Waals surface area contributed by atoms with E-state index in [9.17, 15) is 9.59 Å². The van der Waals surface area contributed by atoms with Gasteiger partial charge in [0.15, 0.2) is 0 Å². The standard InChI is InChI=1S/C19H28N2O3/c1-15(2)21(17-8-4-3-5-9-17)18(22)14-20-12-6-7-16(13-20)10-11-19(23)24/h3-5,8-9,15-16H,6-7,10-14H2,1-2H3,(H,23,24). The predicted octanol–water partition coefficient (Wildman–Crippen LogP) is 3.00. The van der Waals surface area contributed by atoms with Crippen molar-refractivity contribution in [3.8, 4) is 0 Å². The van der Waals surface area contributed by atoms with Gasteiger partial charge in [0.1, 0.15) is 0 Å². The number of hydrogen-bond donors (Lipinski definition) is 1. The normalized spacial score (nSPS) is 18.5. The number of carboxylic acid groups (broad SMARTS) is 1. The number of piperidine rings is 1. The van der Waals surface area contributed by atoms with Crippen molar-refractivity contribution >= 4 is 17.6 Å². The van der Waals surface area contributed by atoms with Gasteiger partial charge >= 0.3 is 5.97 Å². The lowest BCUT2D eigenvalue weighted by atomic mass is 9.93. The molecule has 0 radical (unpaired) electrons. The molecule has 1 aromatic carbocycles. The van der Waals surface area contributed by atoms with E-state index in [0.717, 1.165) is 31.6 Å². The second-order valence-corrected chi connectivity index (χ2v) is 6.87. The van der Waals surface area contributed by atoms with Crippen LogP contribution in [0.5, 0.6) is 0 Å². The molecule has 0 bridgehead atoms. The lowest BCUT2D eigenvalue weighted by Crippen LogP contribution is -2.46. The van der Waals surface area contributed by atoms with E-state index in [4.69, 9.17) is 5.11 Å². The molecule has 0 aromatic heterocycles. The van der Waals surface area contributed by atoms with Gasteiger partial charge in [0.05, 0.1) is 6.54 Å². The Balaban J connectivity index is 1.95. The third kappa shape index (κ3) is 5.34. The second kappa shape index (κ2) is 8.83. The SMILES string of the molecule is CC(C)N(C(=O)CN1CCCC(CCC(=O)O)C1)c1ccccc1. The van der Waals surface area contributed by atoms with Crippen molar-refractivity contribution in [1.29, 1.82) is 0 Å². The van der Waals surface area contributed by atoms with Gasteiger partial charge in [0, 0.05) is 24.7 Å². The Kier molecular flexibility index (Phi) is 6.79. The van der Waals surface area contributed by atoms with E-state index >= 15 is 0 Å².